The third-order valence-electron chi connectivity index (χ3n) is 4.98. The lowest BCUT2D eigenvalue weighted by molar-refractivity contribution is 0.262. The van der Waals surface area contributed by atoms with Gasteiger partial charge in [0.25, 0.3) is 0 Å². The molecule has 0 aliphatic carbocycles. The standard InChI is InChI=1S/C23H23N5O2/c1-3-14-5-4-6-17(13-14)26-23(29)25-16-9-7-15(8-10-16)18-11-12-19(30-2)21-20(18)22(24)28-27-21/h4-13H,3H2,1-2H3,(H3,24,27,28)(H2,25,26,29). The van der Waals surface area contributed by atoms with E-state index in [9.17, 15) is 4.79 Å². The van der Waals surface area contributed by atoms with Crippen LogP contribution in [-0.2, 0) is 6.42 Å². The number of hydrogen-bond donors (Lipinski definition) is 4. The minimum absolute atomic E-state index is 0.290. The minimum atomic E-state index is -0.290. The summed E-state index contributed by atoms with van der Waals surface area (Å²) in [5.74, 6) is 1.09. The van der Waals surface area contributed by atoms with Crippen LogP contribution in [0, 0.1) is 0 Å². The first-order valence-electron chi connectivity index (χ1n) is 9.67. The molecule has 0 saturated heterocycles. The van der Waals surface area contributed by atoms with Crippen molar-refractivity contribution in [3.63, 3.8) is 0 Å². The number of anilines is 3. The third-order valence-corrected chi connectivity index (χ3v) is 4.98. The highest BCUT2D eigenvalue weighted by Gasteiger charge is 2.14. The van der Waals surface area contributed by atoms with Gasteiger partial charge >= 0.3 is 6.03 Å². The third kappa shape index (κ3) is 3.77. The number of aromatic amines is 1. The van der Waals surface area contributed by atoms with E-state index in [-0.39, 0.29) is 6.03 Å². The number of carbonyl (C=O) groups is 1. The van der Waals surface area contributed by atoms with Crippen molar-refractivity contribution in [2.75, 3.05) is 23.5 Å². The maximum Gasteiger partial charge on any atom is 0.323 e. The molecule has 1 heterocycles. The lowest BCUT2D eigenvalue weighted by atomic mass is 10.0. The van der Waals surface area contributed by atoms with Gasteiger partial charge in [-0.15, -0.1) is 0 Å². The van der Waals surface area contributed by atoms with Crippen LogP contribution < -0.4 is 21.1 Å². The number of nitrogens with one attached hydrogen (secondary N) is 3. The van der Waals surface area contributed by atoms with Crippen LogP contribution >= 0.6 is 0 Å². The molecular weight excluding hydrogens is 378 g/mol. The molecule has 0 radical (unpaired) electrons. The Kier molecular flexibility index (Phi) is 5.26. The zero-order chi connectivity index (χ0) is 21.1. The molecule has 2 amide bonds. The van der Waals surface area contributed by atoms with Crippen molar-refractivity contribution in [2.24, 2.45) is 0 Å². The van der Waals surface area contributed by atoms with Gasteiger partial charge in [0, 0.05) is 11.4 Å². The van der Waals surface area contributed by atoms with Gasteiger partial charge in [0.1, 0.15) is 11.3 Å². The van der Waals surface area contributed by atoms with E-state index in [1.807, 2.05) is 60.7 Å². The number of hydrogen-bond acceptors (Lipinski definition) is 4. The lowest BCUT2D eigenvalue weighted by Gasteiger charge is -2.10. The fourth-order valence-electron chi connectivity index (χ4n) is 3.44. The van der Waals surface area contributed by atoms with Crippen molar-refractivity contribution in [3.05, 3.63) is 66.2 Å². The SMILES string of the molecule is CCc1cccc(NC(=O)Nc2ccc(-c3ccc(OC)c4[nH]nc(N)c34)cc2)c1. The quantitative estimate of drug-likeness (QED) is 0.376. The van der Waals surface area contributed by atoms with Crippen molar-refractivity contribution >= 4 is 34.1 Å². The average Bonchev–Trinajstić information content (AvgIpc) is 3.16. The molecular formula is C23H23N5O2. The number of methoxy groups -OCH3 is 1. The topological polar surface area (TPSA) is 105 Å². The number of aryl methyl sites for hydroxylation is 1. The molecule has 0 bridgehead atoms. The summed E-state index contributed by atoms with van der Waals surface area (Å²) in [5.41, 5.74) is 11.3. The van der Waals surface area contributed by atoms with Crippen molar-refractivity contribution in [2.45, 2.75) is 13.3 Å². The highest BCUT2D eigenvalue weighted by atomic mass is 16.5. The molecule has 0 atom stereocenters. The summed E-state index contributed by atoms with van der Waals surface area (Å²) in [6, 6.07) is 18.9. The van der Waals surface area contributed by atoms with Crippen LogP contribution in [0.1, 0.15) is 12.5 Å². The van der Waals surface area contributed by atoms with Gasteiger partial charge in [0.2, 0.25) is 0 Å². The average molecular weight is 401 g/mol. The molecule has 0 saturated carbocycles. The van der Waals surface area contributed by atoms with Crippen molar-refractivity contribution in [1.29, 1.82) is 0 Å². The van der Waals surface area contributed by atoms with Crippen LogP contribution in [-0.4, -0.2) is 23.3 Å². The van der Waals surface area contributed by atoms with Gasteiger partial charge in [-0.05, 0) is 59.5 Å². The predicted octanol–water partition coefficient (Wildman–Crippen LogP) is 5.03. The molecule has 3 aromatic carbocycles. The van der Waals surface area contributed by atoms with Crippen molar-refractivity contribution in [1.82, 2.24) is 10.2 Å². The van der Waals surface area contributed by atoms with Gasteiger partial charge in [-0.3, -0.25) is 5.10 Å². The first kappa shape index (κ1) is 19.3. The molecule has 0 aliphatic rings. The molecule has 30 heavy (non-hydrogen) atoms. The molecule has 5 N–H and O–H groups in total. The summed E-state index contributed by atoms with van der Waals surface area (Å²) in [5, 5.41) is 13.6. The number of benzene rings is 3. The van der Waals surface area contributed by atoms with Gasteiger partial charge in [0.05, 0.1) is 12.5 Å². The summed E-state index contributed by atoms with van der Waals surface area (Å²) in [4.78, 5) is 12.3. The Morgan fingerprint density at radius 1 is 1.07 bits per heavy atom. The van der Waals surface area contributed by atoms with Crippen LogP contribution in [0.25, 0.3) is 22.0 Å². The van der Waals surface area contributed by atoms with Crippen LogP contribution in [0.5, 0.6) is 5.75 Å². The molecule has 0 spiro atoms. The van der Waals surface area contributed by atoms with E-state index in [1.165, 1.54) is 5.56 Å². The number of aromatic nitrogens is 2. The van der Waals surface area contributed by atoms with E-state index in [1.54, 1.807) is 7.11 Å². The number of carbonyl (C=O) groups excluding carboxylic acids is 1. The van der Waals surface area contributed by atoms with E-state index in [0.29, 0.717) is 17.3 Å². The molecule has 4 aromatic rings. The van der Waals surface area contributed by atoms with Crippen LogP contribution in [0.4, 0.5) is 22.0 Å². The fraction of sp³-hybridized carbons (Fsp3) is 0.130. The van der Waals surface area contributed by atoms with Gasteiger partial charge in [-0.2, -0.15) is 5.10 Å². The van der Waals surface area contributed by atoms with Gasteiger partial charge in [-0.1, -0.05) is 31.2 Å². The van der Waals surface area contributed by atoms with E-state index >= 15 is 0 Å². The Labute approximate surface area is 174 Å². The Bertz CT molecular complexity index is 1200. The number of H-pyrrole nitrogens is 1. The number of fused-ring (bicyclic) bond motifs is 1. The zero-order valence-corrected chi connectivity index (χ0v) is 16.8. The van der Waals surface area contributed by atoms with E-state index in [0.717, 1.165) is 34.1 Å². The Morgan fingerprint density at radius 2 is 1.83 bits per heavy atom. The lowest BCUT2D eigenvalue weighted by Crippen LogP contribution is -2.19. The van der Waals surface area contributed by atoms with Gasteiger partial charge in [0.15, 0.2) is 5.82 Å². The first-order chi connectivity index (χ1) is 14.6. The van der Waals surface area contributed by atoms with Crippen molar-refractivity contribution in [3.8, 4) is 16.9 Å². The first-order valence-corrected chi connectivity index (χ1v) is 9.67. The summed E-state index contributed by atoms with van der Waals surface area (Å²) < 4.78 is 5.38. The maximum atomic E-state index is 12.3. The monoisotopic (exact) mass is 401 g/mol. The molecule has 7 heteroatoms. The van der Waals surface area contributed by atoms with E-state index < -0.39 is 0 Å². The molecule has 7 nitrogen and oxygen atoms in total. The molecule has 152 valence electrons. The largest absolute Gasteiger partial charge is 0.494 e. The second-order valence-electron chi connectivity index (χ2n) is 6.88. The Hall–Kier alpha value is -4.00. The molecule has 0 aliphatic heterocycles. The number of rotatable bonds is 5. The number of urea groups is 1. The van der Waals surface area contributed by atoms with Gasteiger partial charge in [-0.25, -0.2) is 4.79 Å². The molecule has 0 unspecified atom stereocenters. The summed E-state index contributed by atoms with van der Waals surface area (Å²) >= 11 is 0. The maximum absolute atomic E-state index is 12.3. The van der Waals surface area contributed by atoms with E-state index in [4.69, 9.17) is 10.5 Å². The number of nitrogens with two attached hydrogens (primary N) is 1. The summed E-state index contributed by atoms with van der Waals surface area (Å²) in [6.07, 6.45) is 0.915. The molecule has 0 fully saturated rings. The number of nitrogen functional groups attached to an aromatic ring is 1. The Balaban J connectivity index is 1.53. The smallest absolute Gasteiger partial charge is 0.323 e. The Morgan fingerprint density at radius 3 is 2.57 bits per heavy atom. The molecule has 1 aromatic heterocycles. The fourth-order valence-corrected chi connectivity index (χ4v) is 3.44. The second kappa shape index (κ2) is 8.16. The highest BCUT2D eigenvalue weighted by molar-refractivity contribution is 6.04. The zero-order valence-electron chi connectivity index (χ0n) is 16.8. The van der Waals surface area contributed by atoms with Gasteiger partial charge < -0.3 is 21.1 Å². The predicted molar refractivity (Wildman–Crippen MR) is 121 cm³/mol. The van der Waals surface area contributed by atoms with Crippen LogP contribution in [0.2, 0.25) is 0 Å². The summed E-state index contributed by atoms with van der Waals surface area (Å²) in [6.45, 7) is 2.08. The van der Waals surface area contributed by atoms with E-state index in [2.05, 4.69) is 27.8 Å². The number of ether oxygens (including phenoxy) is 1. The molecule has 4 rings (SSSR count). The second-order valence-corrected chi connectivity index (χ2v) is 6.88. The number of nitrogens with zero attached hydrogens (tertiary/aromatic N) is 1. The normalized spacial score (nSPS) is 10.7. The van der Waals surface area contributed by atoms with Crippen LogP contribution in [0.3, 0.4) is 0 Å². The van der Waals surface area contributed by atoms with Crippen LogP contribution in [0.15, 0.2) is 60.7 Å². The van der Waals surface area contributed by atoms with Crippen molar-refractivity contribution < 1.29 is 9.53 Å². The summed E-state index contributed by atoms with van der Waals surface area (Å²) in [7, 11) is 1.61. The highest BCUT2D eigenvalue weighted by Crippen LogP contribution is 2.36. The number of amides is 2. The minimum Gasteiger partial charge on any atom is -0.494 e.